The summed E-state index contributed by atoms with van der Waals surface area (Å²) in [4.78, 5) is 27.8. The summed E-state index contributed by atoms with van der Waals surface area (Å²) < 4.78 is 1.53. The molecule has 0 radical (unpaired) electrons. The van der Waals surface area contributed by atoms with E-state index in [1.165, 1.54) is 16.8 Å². The van der Waals surface area contributed by atoms with Gasteiger partial charge in [0.25, 0.3) is 0 Å². The molecule has 0 aliphatic carbocycles. The number of aromatic hydroxyl groups is 1. The minimum Gasteiger partial charge on any atom is -0.504 e. The number of thiophene rings is 1. The standard InChI is InChI=1S/C19H16ClN3O4S/c1-10(21-9-13(24)14-7-8-15(28-14)19(26)27)16-18(25)17(23(2)22-16)11-3-5-12(20)6-4-11/h3-8,25H,9H2,1-2H3,(H,26,27). The number of ketones is 1. The second-order valence-corrected chi connectivity index (χ2v) is 7.49. The lowest BCUT2D eigenvalue weighted by molar-refractivity contribution is 0.0702. The summed E-state index contributed by atoms with van der Waals surface area (Å²) in [6.07, 6.45) is 0. The summed E-state index contributed by atoms with van der Waals surface area (Å²) in [5, 5.41) is 24.4. The van der Waals surface area contributed by atoms with E-state index in [0.717, 1.165) is 16.9 Å². The molecule has 144 valence electrons. The number of aliphatic imine (C=N–C) groups is 1. The van der Waals surface area contributed by atoms with Crippen molar-refractivity contribution < 1.29 is 19.8 Å². The smallest absolute Gasteiger partial charge is 0.345 e. The van der Waals surface area contributed by atoms with Crippen LogP contribution >= 0.6 is 22.9 Å². The number of aromatic nitrogens is 2. The van der Waals surface area contributed by atoms with Gasteiger partial charge in [0.15, 0.2) is 11.5 Å². The first kappa shape index (κ1) is 19.8. The van der Waals surface area contributed by atoms with E-state index >= 15 is 0 Å². The van der Waals surface area contributed by atoms with Crippen LogP contribution in [0.25, 0.3) is 11.3 Å². The zero-order valence-electron chi connectivity index (χ0n) is 15.0. The van der Waals surface area contributed by atoms with Gasteiger partial charge in [-0.25, -0.2) is 4.79 Å². The summed E-state index contributed by atoms with van der Waals surface area (Å²) in [6, 6.07) is 9.84. The number of nitrogens with zero attached hydrogens (tertiary/aromatic N) is 3. The molecule has 2 heterocycles. The molecule has 0 atom stereocenters. The maximum atomic E-state index is 12.2. The molecule has 1 aromatic carbocycles. The van der Waals surface area contributed by atoms with E-state index in [1.807, 2.05) is 0 Å². The van der Waals surface area contributed by atoms with Crippen molar-refractivity contribution >= 4 is 40.4 Å². The third kappa shape index (κ3) is 3.97. The number of Topliss-reactive ketones (excluding diaryl/α,β-unsaturated/α-hetero) is 1. The number of rotatable bonds is 6. The largest absolute Gasteiger partial charge is 0.504 e. The van der Waals surface area contributed by atoms with E-state index in [2.05, 4.69) is 10.1 Å². The van der Waals surface area contributed by atoms with E-state index in [9.17, 15) is 14.7 Å². The van der Waals surface area contributed by atoms with Gasteiger partial charge in [-0.05, 0) is 31.2 Å². The fourth-order valence-corrected chi connectivity index (χ4v) is 3.53. The topological polar surface area (TPSA) is 105 Å². The van der Waals surface area contributed by atoms with Gasteiger partial charge in [0, 0.05) is 17.6 Å². The monoisotopic (exact) mass is 417 g/mol. The molecule has 0 saturated heterocycles. The van der Waals surface area contributed by atoms with Crippen molar-refractivity contribution in [3.8, 4) is 17.0 Å². The number of aryl methyl sites for hydroxylation is 1. The van der Waals surface area contributed by atoms with Gasteiger partial charge in [0.1, 0.15) is 22.8 Å². The Kier molecular flexibility index (Phi) is 5.62. The van der Waals surface area contributed by atoms with Crippen LogP contribution in [0.3, 0.4) is 0 Å². The lowest BCUT2D eigenvalue weighted by atomic mass is 10.1. The van der Waals surface area contributed by atoms with Crippen molar-refractivity contribution in [3.63, 3.8) is 0 Å². The van der Waals surface area contributed by atoms with Crippen LogP contribution in [0.2, 0.25) is 5.02 Å². The summed E-state index contributed by atoms with van der Waals surface area (Å²) in [5.41, 5.74) is 1.93. The maximum absolute atomic E-state index is 12.2. The highest BCUT2D eigenvalue weighted by Gasteiger charge is 2.19. The third-order valence-corrected chi connectivity index (χ3v) is 5.40. The fraction of sp³-hybridized carbons (Fsp3) is 0.158. The predicted octanol–water partition coefficient (Wildman–Crippen LogP) is 3.90. The van der Waals surface area contributed by atoms with Crippen molar-refractivity contribution in [2.45, 2.75) is 6.92 Å². The Morgan fingerprint density at radius 2 is 1.82 bits per heavy atom. The van der Waals surface area contributed by atoms with Crippen LogP contribution in [-0.2, 0) is 7.05 Å². The molecule has 3 aromatic rings. The molecule has 28 heavy (non-hydrogen) atoms. The highest BCUT2D eigenvalue weighted by molar-refractivity contribution is 7.15. The summed E-state index contributed by atoms with van der Waals surface area (Å²) in [5.74, 6) is -1.41. The molecular weight excluding hydrogens is 402 g/mol. The molecule has 0 spiro atoms. The SMILES string of the molecule is CC(=NCC(=O)c1ccc(C(=O)O)s1)c1nn(C)c(-c2ccc(Cl)cc2)c1O. The Hall–Kier alpha value is -2.97. The van der Waals surface area contributed by atoms with Crippen molar-refractivity contribution in [3.05, 3.63) is 56.9 Å². The first-order valence-corrected chi connectivity index (χ1v) is 9.37. The molecule has 0 unspecified atom stereocenters. The minimum absolute atomic E-state index is 0.0391. The number of carboxylic acid groups (broad SMARTS) is 1. The molecule has 0 saturated carbocycles. The molecule has 0 aliphatic heterocycles. The van der Waals surface area contributed by atoms with Crippen molar-refractivity contribution in [2.24, 2.45) is 12.0 Å². The molecule has 0 amide bonds. The number of halogens is 1. The van der Waals surface area contributed by atoms with Crippen LogP contribution < -0.4 is 0 Å². The third-order valence-electron chi connectivity index (χ3n) is 4.03. The Morgan fingerprint density at radius 3 is 2.43 bits per heavy atom. The van der Waals surface area contributed by atoms with Gasteiger partial charge >= 0.3 is 5.97 Å². The van der Waals surface area contributed by atoms with Crippen molar-refractivity contribution in [1.82, 2.24) is 9.78 Å². The van der Waals surface area contributed by atoms with E-state index in [4.69, 9.17) is 16.7 Å². The number of hydrogen-bond acceptors (Lipinski definition) is 6. The molecule has 0 bridgehead atoms. The molecule has 2 aromatic heterocycles. The van der Waals surface area contributed by atoms with E-state index in [-0.39, 0.29) is 28.6 Å². The molecule has 9 heteroatoms. The molecule has 7 nitrogen and oxygen atoms in total. The minimum atomic E-state index is -1.07. The highest BCUT2D eigenvalue weighted by atomic mass is 35.5. The molecule has 0 fully saturated rings. The zero-order valence-corrected chi connectivity index (χ0v) is 16.6. The molecule has 0 aliphatic rings. The fourth-order valence-electron chi connectivity index (χ4n) is 2.63. The van der Waals surface area contributed by atoms with Gasteiger partial charge in [-0.3, -0.25) is 14.5 Å². The highest BCUT2D eigenvalue weighted by Crippen LogP contribution is 2.32. The van der Waals surface area contributed by atoms with Gasteiger partial charge in [-0.1, -0.05) is 23.7 Å². The lowest BCUT2D eigenvalue weighted by Gasteiger charge is -2.03. The number of aromatic carboxylic acids is 1. The van der Waals surface area contributed by atoms with Crippen molar-refractivity contribution in [1.29, 1.82) is 0 Å². The number of carboxylic acids is 1. The lowest BCUT2D eigenvalue weighted by Crippen LogP contribution is -2.05. The number of carbonyl (C=O) groups excluding carboxylic acids is 1. The van der Waals surface area contributed by atoms with Gasteiger partial charge in [0.2, 0.25) is 0 Å². The van der Waals surface area contributed by atoms with Gasteiger partial charge in [0.05, 0.1) is 10.6 Å². The summed E-state index contributed by atoms with van der Waals surface area (Å²) in [7, 11) is 1.70. The second kappa shape index (κ2) is 7.95. The van der Waals surface area contributed by atoms with Crippen LogP contribution in [0.4, 0.5) is 0 Å². The Bertz CT molecular complexity index is 1080. The zero-order chi connectivity index (χ0) is 20.4. The quantitative estimate of drug-likeness (QED) is 0.467. The molecule has 2 N–H and O–H groups in total. The normalized spacial score (nSPS) is 11.6. The average molecular weight is 418 g/mol. The van der Waals surface area contributed by atoms with Gasteiger partial charge in [-0.15, -0.1) is 11.3 Å². The van der Waals surface area contributed by atoms with E-state index in [0.29, 0.717) is 21.3 Å². The first-order valence-electron chi connectivity index (χ1n) is 8.17. The summed E-state index contributed by atoms with van der Waals surface area (Å²) >= 11 is 6.81. The average Bonchev–Trinajstić information content (AvgIpc) is 3.26. The van der Waals surface area contributed by atoms with Crippen LogP contribution in [0.15, 0.2) is 41.4 Å². The predicted molar refractivity (Wildman–Crippen MR) is 108 cm³/mol. The van der Waals surface area contributed by atoms with Crippen molar-refractivity contribution in [2.75, 3.05) is 6.54 Å². The maximum Gasteiger partial charge on any atom is 0.345 e. The molecule has 3 rings (SSSR count). The number of benzene rings is 1. The van der Waals surface area contributed by atoms with E-state index < -0.39 is 5.97 Å². The van der Waals surface area contributed by atoms with E-state index in [1.54, 1.807) is 38.2 Å². The van der Waals surface area contributed by atoms with Gasteiger partial charge < -0.3 is 10.2 Å². The number of carbonyl (C=O) groups is 2. The Labute approximate surface area is 169 Å². The van der Waals surface area contributed by atoms with Gasteiger partial charge in [-0.2, -0.15) is 5.10 Å². The molecular formula is C19H16ClN3O4S. The van der Waals surface area contributed by atoms with Crippen LogP contribution in [-0.4, -0.2) is 44.0 Å². The van der Waals surface area contributed by atoms with Crippen LogP contribution in [0.5, 0.6) is 5.75 Å². The summed E-state index contributed by atoms with van der Waals surface area (Å²) in [6.45, 7) is 1.48. The van der Waals surface area contributed by atoms with Crippen LogP contribution in [0.1, 0.15) is 32.0 Å². The Morgan fingerprint density at radius 1 is 1.18 bits per heavy atom. The number of hydrogen-bond donors (Lipinski definition) is 2. The van der Waals surface area contributed by atoms with Crippen LogP contribution in [0, 0.1) is 0 Å². The Balaban J connectivity index is 1.83. The second-order valence-electron chi connectivity index (χ2n) is 5.97. The first-order chi connectivity index (χ1) is 13.3.